The lowest BCUT2D eigenvalue weighted by atomic mass is 10.5. The smallest absolute Gasteiger partial charge is 0.235 e. The third-order valence-electron chi connectivity index (χ3n) is 1.25. The summed E-state index contributed by atoms with van der Waals surface area (Å²) < 4.78 is 0. The normalized spacial score (nSPS) is 9.83. The van der Waals surface area contributed by atoms with Crippen molar-refractivity contribution in [2.45, 2.75) is 13.5 Å². The maximum absolute atomic E-state index is 10.7. The zero-order valence-corrected chi connectivity index (χ0v) is 8.21. The maximum atomic E-state index is 10.7. The summed E-state index contributed by atoms with van der Waals surface area (Å²) in [6.45, 7) is 2.40. The van der Waals surface area contributed by atoms with E-state index in [0.717, 1.165) is 10.7 Å². The number of thiazole rings is 1. The second kappa shape index (κ2) is 4.42. The SMILES string of the molecule is Cc1nc(CNC(=O)CCl)cs1. The van der Waals surface area contributed by atoms with E-state index in [1.807, 2.05) is 12.3 Å². The highest BCUT2D eigenvalue weighted by Gasteiger charge is 2.00. The Morgan fingerprint density at radius 1 is 1.83 bits per heavy atom. The van der Waals surface area contributed by atoms with Gasteiger partial charge in [-0.2, -0.15) is 0 Å². The van der Waals surface area contributed by atoms with E-state index in [-0.39, 0.29) is 11.8 Å². The molecule has 0 aliphatic carbocycles. The first kappa shape index (κ1) is 9.48. The average Bonchev–Trinajstić information content (AvgIpc) is 2.47. The van der Waals surface area contributed by atoms with Crippen LogP contribution in [0.1, 0.15) is 10.7 Å². The summed E-state index contributed by atoms with van der Waals surface area (Å²) in [5.41, 5.74) is 0.885. The summed E-state index contributed by atoms with van der Waals surface area (Å²) in [7, 11) is 0. The molecule has 0 saturated heterocycles. The zero-order chi connectivity index (χ0) is 8.97. The van der Waals surface area contributed by atoms with Crippen LogP contribution in [0, 0.1) is 6.92 Å². The molecule has 1 rings (SSSR count). The molecule has 66 valence electrons. The Hall–Kier alpha value is -0.610. The monoisotopic (exact) mass is 204 g/mol. The quantitative estimate of drug-likeness (QED) is 0.755. The third-order valence-corrected chi connectivity index (χ3v) is 2.32. The van der Waals surface area contributed by atoms with Crippen LogP contribution in [0.4, 0.5) is 0 Å². The minimum Gasteiger partial charge on any atom is -0.349 e. The molecule has 1 amide bonds. The minimum atomic E-state index is -0.165. The van der Waals surface area contributed by atoms with Gasteiger partial charge in [0.05, 0.1) is 17.2 Å². The summed E-state index contributed by atoms with van der Waals surface area (Å²) in [5.74, 6) is -0.161. The van der Waals surface area contributed by atoms with Crippen LogP contribution in [0.2, 0.25) is 0 Å². The van der Waals surface area contributed by atoms with Crippen LogP contribution in [0.5, 0.6) is 0 Å². The highest BCUT2D eigenvalue weighted by Crippen LogP contribution is 2.06. The lowest BCUT2D eigenvalue weighted by Crippen LogP contribution is -2.23. The van der Waals surface area contributed by atoms with Gasteiger partial charge in [-0.3, -0.25) is 4.79 Å². The number of hydrogen-bond acceptors (Lipinski definition) is 3. The average molecular weight is 205 g/mol. The number of alkyl halides is 1. The van der Waals surface area contributed by atoms with E-state index >= 15 is 0 Å². The lowest BCUT2D eigenvalue weighted by Gasteiger charge is -1.97. The molecule has 0 saturated carbocycles. The van der Waals surface area contributed by atoms with Crippen molar-refractivity contribution in [3.05, 3.63) is 16.1 Å². The Morgan fingerprint density at radius 3 is 3.08 bits per heavy atom. The van der Waals surface area contributed by atoms with E-state index in [2.05, 4.69) is 10.3 Å². The van der Waals surface area contributed by atoms with Gasteiger partial charge in [0.25, 0.3) is 0 Å². The number of amides is 1. The van der Waals surface area contributed by atoms with E-state index in [1.165, 1.54) is 0 Å². The minimum absolute atomic E-state index is 0.00309. The van der Waals surface area contributed by atoms with Gasteiger partial charge in [-0.05, 0) is 6.92 Å². The van der Waals surface area contributed by atoms with Gasteiger partial charge in [0.2, 0.25) is 5.91 Å². The van der Waals surface area contributed by atoms with Gasteiger partial charge in [-0.25, -0.2) is 4.98 Å². The molecule has 0 radical (unpaired) electrons. The van der Waals surface area contributed by atoms with Crippen molar-refractivity contribution in [1.82, 2.24) is 10.3 Å². The molecule has 0 spiro atoms. The van der Waals surface area contributed by atoms with E-state index < -0.39 is 0 Å². The molecule has 0 aliphatic rings. The first-order valence-corrected chi connectivity index (χ1v) is 4.87. The Labute approximate surface area is 79.8 Å². The van der Waals surface area contributed by atoms with Crippen LogP contribution < -0.4 is 5.32 Å². The maximum Gasteiger partial charge on any atom is 0.235 e. The summed E-state index contributed by atoms with van der Waals surface area (Å²) in [5, 5.41) is 5.56. The van der Waals surface area contributed by atoms with Gasteiger partial charge < -0.3 is 5.32 Å². The second-order valence-corrected chi connectivity index (χ2v) is 3.60. The first-order chi connectivity index (χ1) is 5.72. The molecule has 0 fully saturated rings. The van der Waals surface area contributed by atoms with Gasteiger partial charge >= 0.3 is 0 Å². The van der Waals surface area contributed by atoms with Crippen LogP contribution in [-0.2, 0) is 11.3 Å². The summed E-state index contributed by atoms with van der Waals surface area (Å²) in [6.07, 6.45) is 0. The van der Waals surface area contributed by atoms with Gasteiger partial charge in [-0.1, -0.05) is 0 Å². The molecular formula is C7H9ClN2OS. The largest absolute Gasteiger partial charge is 0.349 e. The predicted octanol–water partition coefficient (Wildman–Crippen LogP) is 1.31. The van der Waals surface area contributed by atoms with Crippen LogP contribution in [0.3, 0.4) is 0 Å². The number of carbonyl (C=O) groups is 1. The number of nitrogens with one attached hydrogen (secondary N) is 1. The molecule has 0 aromatic carbocycles. The van der Waals surface area contributed by atoms with E-state index in [4.69, 9.17) is 11.6 Å². The Balaban J connectivity index is 2.38. The van der Waals surface area contributed by atoms with Crippen molar-refractivity contribution in [2.24, 2.45) is 0 Å². The second-order valence-electron chi connectivity index (χ2n) is 2.27. The molecule has 0 bridgehead atoms. The third kappa shape index (κ3) is 2.79. The van der Waals surface area contributed by atoms with Crippen molar-refractivity contribution >= 4 is 28.8 Å². The van der Waals surface area contributed by atoms with Gasteiger partial charge in [-0.15, -0.1) is 22.9 Å². The Bertz CT molecular complexity index is 274. The number of hydrogen-bond donors (Lipinski definition) is 1. The predicted molar refractivity (Wildman–Crippen MR) is 49.4 cm³/mol. The number of carbonyl (C=O) groups excluding carboxylic acids is 1. The van der Waals surface area contributed by atoms with Crippen molar-refractivity contribution in [3.63, 3.8) is 0 Å². The van der Waals surface area contributed by atoms with Crippen molar-refractivity contribution < 1.29 is 4.79 Å². The molecule has 0 atom stereocenters. The molecule has 5 heteroatoms. The lowest BCUT2D eigenvalue weighted by molar-refractivity contribution is -0.118. The molecule has 0 aliphatic heterocycles. The molecule has 1 aromatic rings. The molecule has 1 heterocycles. The van der Waals surface area contributed by atoms with Gasteiger partial charge in [0, 0.05) is 5.38 Å². The molecule has 3 nitrogen and oxygen atoms in total. The van der Waals surface area contributed by atoms with Crippen LogP contribution in [0.25, 0.3) is 0 Å². The molecule has 1 N–H and O–H groups in total. The topological polar surface area (TPSA) is 42.0 Å². The molecule has 1 aromatic heterocycles. The number of rotatable bonds is 3. The van der Waals surface area contributed by atoms with E-state index in [1.54, 1.807) is 11.3 Å². The van der Waals surface area contributed by atoms with Crippen LogP contribution >= 0.6 is 22.9 Å². The summed E-state index contributed by atoms with van der Waals surface area (Å²) >= 11 is 6.86. The van der Waals surface area contributed by atoms with E-state index in [0.29, 0.717) is 6.54 Å². The Kier molecular flexibility index (Phi) is 3.49. The highest BCUT2D eigenvalue weighted by molar-refractivity contribution is 7.09. The van der Waals surface area contributed by atoms with Gasteiger partial charge in [0.1, 0.15) is 5.88 Å². The molecule has 12 heavy (non-hydrogen) atoms. The standard InChI is InChI=1S/C7H9ClN2OS/c1-5-10-6(4-12-5)3-9-7(11)2-8/h4H,2-3H2,1H3,(H,9,11). The fourth-order valence-corrected chi connectivity index (χ4v) is 1.43. The number of halogens is 1. The van der Waals surface area contributed by atoms with Crippen molar-refractivity contribution in [3.8, 4) is 0 Å². The molecule has 0 unspecified atom stereocenters. The fourth-order valence-electron chi connectivity index (χ4n) is 0.726. The summed E-state index contributed by atoms with van der Waals surface area (Å²) in [4.78, 5) is 14.9. The van der Waals surface area contributed by atoms with Crippen molar-refractivity contribution in [2.75, 3.05) is 5.88 Å². The zero-order valence-electron chi connectivity index (χ0n) is 6.63. The van der Waals surface area contributed by atoms with Crippen LogP contribution in [-0.4, -0.2) is 16.8 Å². The number of nitrogens with zero attached hydrogens (tertiary/aromatic N) is 1. The Morgan fingerprint density at radius 2 is 2.58 bits per heavy atom. The molecular weight excluding hydrogens is 196 g/mol. The summed E-state index contributed by atoms with van der Waals surface area (Å²) in [6, 6.07) is 0. The fraction of sp³-hybridized carbons (Fsp3) is 0.429. The first-order valence-electron chi connectivity index (χ1n) is 3.46. The number of aryl methyl sites for hydroxylation is 1. The van der Waals surface area contributed by atoms with E-state index in [9.17, 15) is 4.79 Å². The number of aromatic nitrogens is 1. The highest BCUT2D eigenvalue weighted by atomic mass is 35.5. The van der Waals surface area contributed by atoms with Crippen LogP contribution in [0.15, 0.2) is 5.38 Å². The van der Waals surface area contributed by atoms with Gasteiger partial charge in [0.15, 0.2) is 0 Å². The van der Waals surface area contributed by atoms with Crippen molar-refractivity contribution in [1.29, 1.82) is 0 Å².